The van der Waals surface area contributed by atoms with Gasteiger partial charge in [-0.3, -0.25) is 9.59 Å². The van der Waals surface area contributed by atoms with E-state index in [-0.39, 0.29) is 11.3 Å². The van der Waals surface area contributed by atoms with Crippen molar-refractivity contribution in [2.75, 3.05) is 17.3 Å². The SMILES string of the molecule is COc1cccc(NC2=C(c3ccc(C)cc3C)C(=O)N(c3ccc(F)cc3)C2=O)c1. The molecule has 0 fully saturated rings. The molecule has 0 unspecified atom stereocenters. The van der Waals surface area contributed by atoms with Crippen molar-refractivity contribution in [1.29, 1.82) is 0 Å². The number of anilines is 2. The van der Waals surface area contributed by atoms with Crippen molar-refractivity contribution in [3.63, 3.8) is 0 Å². The molecule has 3 aromatic rings. The standard InChI is InChI=1S/C25H21FN2O3/c1-15-7-12-21(16(2)13-15)22-23(27-18-5-4-6-20(14-18)31-3)25(30)28(24(22)29)19-10-8-17(26)9-11-19/h4-14,27H,1-3H3. The van der Waals surface area contributed by atoms with E-state index in [0.717, 1.165) is 16.0 Å². The molecule has 156 valence electrons. The van der Waals surface area contributed by atoms with Crippen molar-refractivity contribution >= 4 is 28.8 Å². The minimum Gasteiger partial charge on any atom is -0.497 e. The second-order valence-corrected chi connectivity index (χ2v) is 7.35. The number of hydrogen-bond acceptors (Lipinski definition) is 4. The molecule has 6 heteroatoms. The highest BCUT2D eigenvalue weighted by molar-refractivity contribution is 6.46. The van der Waals surface area contributed by atoms with Crippen LogP contribution in [-0.2, 0) is 9.59 Å². The molecule has 1 aliphatic rings. The van der Waals surface area contributed by atoms with Gasteiger partial charge in [0.05, 0.1) is 18.4 Å². The van der Waals surface area contributed by atoms with Crippen LogP contribution in [0.2, 0.25) is 0 Å². The molecule has 2 amide bonds. The lowest BCUT2D eigenvalue weighted by Gasteiger charge is -2.15. The molecular weight excluding hydrogens is 395 g/mol. The number of carbonyl (C=O) groups is 2. The Balaban J connectivity index is 1.85. The van der Waals surface area contributed by atoms with Gasteiger partial charge in [-0.15, -0.1) is 0 Å². The molecule has 0 saturated carbocycles. The molecule has 5 nitrogen and oxygen atoms in total. The Morgan fingerprint density at radius 2 is 1.65 bits per heavy atom. The van der Waals surface area contributed by atoms with Crippen LogP contribution >= 0.6 is 0 Å². The number of nitrogens with one attached hydrogen (secondary N) is 1. The molecule has 1 aliphatic heterocycles. The molecule has 0 bridgehead atoms. The summed E-state index contributed by atoms with van der Waals surface area (Å²) in [6.45, 7) is 3.86. The van der Waals surface area contributed by atoms with E-state index < -0.39 is 17.6 Å². The monoisotopic (exact) mass is 416 g/mol. The van der Waals surface area contributed by atoms with E-state index in [1.54, 1.807) is 31.4 Å². The van der Waals surface area contributed by atoms with Crippen LogP contribution < -0.4 is 15.0 Å². The molecule has 3 aromatic carbocycles. The first-order valence-electron chi connectivity index (χ1n) is 9.76. The Kier molecular flexibility index (Phi) is 5.29. The summed E-state index contributed by atoms with van der Waals surface area (Å²) in [6.07, 6.45) is 0. The average molecular weight is 416 g/mol. The predicted octanol–water partition coefficient (Wildman–Crippen LogP) is 4.85. The number of benzene rings is 3. The lowest BCUT2D eigenvalue weighted by atomic mass is 9.97. The van der Waals surface area contributed by atoms with Crippen LogP contribution in [0.15, 0.2) is 72.4 Å². The van der Waals surface area contributed by atoms with Crippen LogP contribution in [0.1, 0.15) is 16.7 Å². The number of carbonyl (C=O) groups excluding carboxylic acids is 2. The zero-order chi connectivity index (χ0) is 22.1. The largest absolute Gasteiger partial charge is 0.497 e. The number of methoxy groups -OCH3 is 1. The number of rotatable bonds is 5. The first-order chi connectivity index (χ1) is 14.9. The van der Waals surface area contributed by atoms with Crippen LogP contribution in [0.5, 0.6) is 5.75 Å². The van der Waals surface area contributed by atoms with Gasteiger partial charge in [0.1, 0.15) is 17.3 Å². The van der Waals surface area contributed by atoms with Gasteiger partial charge in [-0.1, -0.05) is 29.8 Å². The number of aryl methyl sites for hydroxylation is 2. The summed E-state index contributed by atoms with van der Waals surface area (Å²) in [4.78, 5) is 27.9. The highest BCUT2D eigenvalue weighted by atomic mass is 19.1. The molecule has 0 atom stereocenters. The Morgan fingerprint density at radius 1 is 0.903 bits per heavy atom. The number of hydrogen-bond donors (Lipinski definition) is 1. The minimum atomic E-state index is -0.505. The normalized spacial score (nSPS) is 13.7. The Morgan fingerprint density at radius 3 is 2.32 bits per heavy atom. The number of halogens is 1. The predicted molar refractivity (Wildman–Crippen MR) is 118 cm³/mol. The van der Waals surface area contributed by atoms with E-state index in [0.29, 0.717) is 22.7 Å². The number of ether oxygens (including phenoxy) is 1. The van der Waals surface area contributed by atoms with Gasteiger partial charge in [0.2, 0.25) is 0 Å². The third kappa shape index (κ3) is 3.80. The molecule has 31 heavy (non-hydrogen) atoms. The molecule has 0 aliphatic carbocycles. The maximum Gasteiger partial charge on any atom is 0.282 e. The van der Waals surface area contributed by atoms with Gasteiger partial charge in [-0.25, -0.2) is 9.29 Å². The Bertz CT molecular complexity index is 1220. The molecular formula is C25H21FN2O3. The molecule has 0 spiro atoms. The maximum absolute atomic E-state index is 13.5. The third-order valence-corrected chi connectivity index (χ3v) is 5.16. The van der Waals surface area contributed by atoms with E-state index in [1.807, 2.05) is 32.0 Å². The van der Waals surface area contributed by atoms with Crippen LogP contribution in [0.3, 0.4) is 0 Å². The zero-order valence-corrected chi connectivity index (χ0v) is 17.4. The summed E-state index contributed by atoms with van der Waals surface area (Å²) in [7, 11) is 1.56. The van der Waals surface area contributed by atoms with Crippen LogP contribution in [-0.4, -0.2) is 18.9 Å². The molecule has 4 rings (SSSR count). The molecule has 0 radical (unpaired) electrons. The third-order valence-electron chi connectivity index (χ3n) is 5.16. The van der Waals surface area contributed by atoms with Gasteiger partial charge in [0.15, 0.2) is 0 Å². The fourth-order valence-corrected chi connectivity index (χ4v) is 3.66. The fraction of sp³-hybridized carbons (Fsp3) is 0.120. The van der Waals surface area contributed by atoms with Crippen molar-refractivity contribution in [2.45, 2.75) is 13.8 Å². The van der Waals surface area contributed by atoms with Crippen molar-refractivity contribution < 1.29 is 18.7 Å². The van der Waals surface area contributed by atoms with Crippen molar-refractivity contribution in [3.05, 3.63) is 94.9 Å². The summed E-state index contributed by atoms with van der Waals surface area (Å²) in [6, 6.07) is 18.1. The molecule has 0 saturated heterocycles. The quantitative estimate of drug-likeness (QED) is 0.604. The number of nitrogens with zero attached hydrogens (tertiary/aromatic N) is 1. The van der Waals surface area contributed by atoms with E-state index in [2.05, 4.69) is 5.32 Å². The van der Waals surface area contributed by atoms with Crippen molar-refractivity contribution in [2.24, 2.45) is 0 Å². The minimum absolute atomic E-state index is 0.162. The zero-order valence-electron chi connectivity index (χ0n) is 17.4. The summed E-state index contributed by atoms with van der Waals surface area (Å²) in [5.74, 6) is -0.797. The lowest BCUT2D eigenvalue weighted by molar-refractivity contribution is -0.120. The Labute approximate surface area is 179 Å². The molecule has 1 N–H and O–H groups in total. The summed E-state index contributed by atoms with van der Waals surface area (Å²) in [5.41, 5.74) is 3.95. The topological polar surface area (TPSA) is 58.6 Å². The average Bonchev–Trinajstić information content (AvgIpc) is 2.99. The second kappa shape index (κ2) is 8.07. The van der Waals surface area contributed by atoms with Gasteiger partial charge in [0.25, 0.3) is 11.8 Å². The van der Waals surface area contributed by atoms with Gasteiger partial charge >= 0.3 is 0 Å². The maximum atomic E-state index is 13.5. The smallest absolute Gasteiger partial charge is 0.282 e. The van der Waals surface area contributed by atoms with Crippen LogP contribution in [0.25, 0.3) is 5.57 Å². The van der Waals surface area contributed by atoms with E-state index in [9.17, 15) is 14.0 Å². The molecule has 1 heterocycles. The van der Waals surface area contributed by atoms with E-state index in [1.165, 1.54) is 24.3 Å². The van der Waals surface area contributed by atoms with Crippen LogP contribution in [0.4, 0.5) is 15.8 Å². The summed E-state index contributed by atoms with van der Waals surface area (Å²) < 4.78 is 18.7. The second-order valence-electron chi connectivity index (χ2n) is 7.35. The summed E-state index contributed by atoms with van der Waals surface area (Å²) in [5, 5.41) is 3.11. The van der Waals surface area contributed by atoms with Gasteiger partial charge in [0, 0.05) is 11.8 Å². The summed E-state index contributed by atoms with van der Waals surface area (Å²) >= 11 is 0. The van der Waals surface area contributed by atoms with E-state index >= 15 is 0 Å². The van der Waals surface area contributed by atoms with E-state index in [4.69, 9.17) is 4.74 Å². The van der Waals surface area contributed by atoms with Crippen molar-refractivity contribution in [1.82, 2.24) is 0 Å². The fourth-order valence-electron chi connectivity index (χ4n) is 3.66. The van der Waals surface area contributed by atoms with Gasteiger partial charge in [-0.2, -0.15) is 0 Å². The Hall–Kier alpha value is -3.93. The first kappa shape index (κ1) is 20.3. The van der Waals surface area contributed by atoms with Gasteiger partial charge in [-0.05, 0) is 61.4 Å². The number of amides is 2. The first-order valence-corrected chi connectivity index (χ1v) is 9.76. The molecule has 0 aromatic heterocycles. The van der Waals surface area contributed by atoms with Crippen LogP contribution in [0, 0.1) is 19.7 Å². The van der Waals surface area contributed by atoms with Crippen molar-refractivity contribution in [3.8, 4) is 5.75 Å². The van der Waals surface area contributed by atoms with Gasteiger partial charge < -0.3 is 10.1 Å². The lowest BCUT2D eigenvalue weighted by Crippen LogP contribution is -2.32. The highest BCUT2D eigenvalue weighted by Gasteiger charge is 2.40. The highest BCUT2D eigenvalue weighted by Crippen LogP contribution is 2.35. The number of imide groups is 1.